The third-order valence-corrected chi connectivity index (χ3v) is 4.30. The van der Waals surface area contributed by atoms with E-state index in [1.165, 1.54) is 42.4 Å². The van der Waals surface area contributed by atoms with E-state index in [1.807, 2.05) is 0 Å². The second-order valence-electron chi connectivity index (χ2n) is 6.31. The highest BCUT2D eigenvalue weighted by Gasteiger charge is 2.17. The average Bonchev–Trinajstić information content (AvgIpc) is 3.06. The van der Waals surface area contributed by atoms with Gasteiger partial charge < -0.3 is 18.9 Å². The van der Waals surface area contributed by atoms with Gasteiger partial charge in [-0.3, -0.25) is 0 Å². The topological polar surface area (TPSA) is 36.9 Å². The Bertz CT molecular complexity index is 473. The van der Waals surface area contributed by atoms with Gasteiger partial charge in [-0.2, -0.15) is 0 Å². The maximum absolute atomic E-state index is 5.81. The second-order valence-corrected chi connectivity index (χ2v) is 6.31. The molecule has 1 aliphatic heterocycles. The van der Waals surface area contributed by atoms with Crippen LogP contribution < -0.4 is 4.74 Å². The molecule has 4 nitrogen and oxygen atoms in total. The van der Waals surface area contributed by atoms with Crippen molar-refractivity contribution < 1.29 is 18.9 Å². The zero-order valence-corrected chi connectivity index (χ0v) is 15.3. The molecular weight excluding hydrogens is 304 g/mol. The molecule has 4 heteroatoms. The minimum atomic E-state index is 0.596. The van der Waals surface area contributed by atoms with Crippen molar-refractivity contribution in [1.82, 2.24) is 0 Å². The summed E-state index contributed by atoms with van der Waals surface area (Å²) in [7, 11) is 1.68. The summed E-state index contributed by atoms with van der Waals surface area (Å²) in [6, 6.07) is 4.59. The molecular formula is C20H32O4. The van der Waals surface area contributed by atoms with E-state index in [0.717, 1.165) is 25.2 Å². The summed E-state index contributed by atoms with van der Waals surface area (Å²) in [5.41, 5.74) is 3.95. The van der Waals surface area contributed by atoms with Crippen LogP contribution in [0.1, 0.15) is 49.3 Å². The molecule has 0 bridgehead atoms. The molecule has 0 aliphatic carbocycles. The van der Waals surface area contributed by atoms with E-state index >= 15 is 0 Å². The van der Waals surface area contributed by atoms with Gasteiger partial charge >= 0.3 is 0 Å². The van der Waals surface area contributed by atoms with Crippen molar-refractivity contribution in [3.05, 3.63) is 28.8 Å². The van der Waals surface area contributed by atoms with Crippen molar-refractivity contribution in [2.45, 2.75) is 52.1 Å². The maximum atomic E-state index is 5.81. The first-order chi connectivity index (χ1) is 11.8. The quantitative estimate of drug-likeness (QED) is 0.512. The van der Waals surface area contributed by atoms with Crippen LogP contribution in [-0.4, -0.2) is 40.1 Å². The Morgan fingerprint density at radius 1 is 1.00 bits per heavy atom. The molecule has 0 aromatic heterocycles. The number of hydrogen-bond donors (Lipinski definition) is 0. The van der Waals surface area contributed by atoms with Crippen molar-refractivity contribution in [2.75, 3.05) is 40.1 Å². The van der Waals surface area contributed by atoms with Crippen molar-refractivity contribution in [3.63, 3.8) is 0 Å². The number of ether oxygens (including phenoxy) is 4. The van der Waals surface area contributed by atoms with Crippen LogP contribution in [0.3, 0.4) is 0 Å². The van der Waals surface area contributed by atoms with E-state index < -0.39 is 0 Å². The largest absolute Gasteiger partial charge is 0.493 e. The Morgan fingerprint density at radius 3 is 2.67 bits per heavy atom. The highest BCUT2D eigenvalue weighted by atomic mass is 16.5. The van der Waals surface area contributed by atoms with Crippen LogP contribution >= 0.6 is 0 Å². The van der Waals surface area contributed by atoms with E-state index in [-0.39, 0.29) is 0 Å². The minimum absolute atomic E-state index is 0.596. The number of fused-ring (bicyclic) bond motifs is 1. The number of hydrogen-bond acceptors (Lipinski definition) is 4. The Balaban J connectivity index is 1.80. The van der Waals surface area contributed by atoms with Crippen LogP contribution in [0.2, 0.25) is 0 Å². The SMILES string of the molecule is CCCCCCc1cc2c(c(COCCOCCOC)c1)OCC2. The van der Waals surface area contributed by atoms with Crippen LogP contribution in [0.15, 0.2) is 12.1 Å². The van der Waals surface area contributed by atoms with Crippen molar-refractivity contribution in [1.29, 1.82) is 0 Å². The van der Waals surface area contributed by atoms with Crippen LogP contribution in [0.4, 0.5) is 0 Å². The predicted octanol–water partition coefficient (Wildman–Crippen LogP) is 3.92. The predicted molar refractivity (Wildman–Crippen MR) is 95.8 cm³/mol. The molecule has 136 valence electrons. The monoisotopic (exact) mass is 336 g/mol. The van der Waals surface area contributed by atoms with Gasteiger partial charge in [-0.05, 0) is 30.0 Å². The maximum Gasteiger partial charge on any atom is 0.128 e. The molecule has 2 rings (SSSR count). The lowest BCUT2D eigenvalue weighted by Crippen LogP contribution is -2.08. The first-order valence-corrected chi connectivity index (χ1v) is 9.27. The molecule has 0 N–H and O–H groups in total. The zero-order chi connectivity index (χ0) is 17.0. The van der Waals surface area contributed by atoms with Crippen LogP contribution in [0, 0.1) is 0 Å². The number of rotatable bonds is 13. The molecule has 0 saturated heterocycles. The van der Waals surface area contributed by atoms with Gasteiger partial charge in [-0.1, -0.05) is 32.3 Å². The van der Waals surface area contributed by atoms with Crippen LogP contribution in [-0.2, 0) is 33.7 Å². The third kappa shape index (κ3) is 6.42. The molecule has 0 saturated carbocycles. The molecule has 0 atom stereocenters. The summed E-state index contributed by atoms with van der Waals surface area (Å²) < 4.78 is 22.0. The van der Waals surface area contributed by atoms with Gasteiger partial charge in [0.1, 0.15) is 5.75 Å². The molecule has 0 unspecified atom stereocenters. The second kappa shape index (κ2) is 11.5. The third-order valence-electron chi connectivity index (χ3n) is 4.30. The molecule has 0 radical (unpaired) electrons. The van der Waals surface area contributed by atoms with Crippen molar-refractivity contribution >= 4 is 0 Å². The lowest BCUT2D eigenvalue weighted by atomic mass is 9.99. The summed E-state index contributed by atoms with van der Waals surface area (Å²) in [5, 5.41) is 0. The van der Waals surface area contributed by atoms with Gasteiger partial charge in [0.15, 0.2) is 0 Å². The number of aryl methyl sites for hydroxylation is 1. The fraction of sp³-hybridized carbons (Fsp3) is 0.700. The molecule has 1 aromatic rings. The van der Waals surface area contributed by atoms with Crippen molar-refractivity contribution in [2.24, 2.45) is 0 Å². The van der Waals surface area contributed by atoms with Gasteiger partial charge in [0.25, 0.3) is 0 Å². The number of unbranched alkanes of at least 4 members (excludes halogenated alkanes) is 3. The average molecular weight is 336 g/mol. The molecule has 1 heterocycles. The summed E-state index contributed by atoms with van der Waals surface area (Å²) >= 11 is 0. The number of methoxy groups -OCH3 is 1. The van der Waals surface area contributed by atoms with E-state index in [9.17, 15) is 0 Å². The van der Waals surface area contributed by atoms with E-state index in [4.69, 9.17) is 18.9 Å². The molecule has 24 heavy (non-hydrogen) atoms. The van der Waals surface area contributed by atoms with E-state index in [2.05, 4.69) is 19.1 Å². The van der Waals surface area contributed by atoms with Crippen LogP contribution in [0.25, 0.3) is 0 Å². The van der Waals surface area contributed by atoms with Gasteiger partial charge in [0.05, 0.1) is 39.6 Å². The standard InChI is InChI=1S/C20H32O4/c1-3-4-5-6-7-17-14-18-8-9-24-20(18)19(15-17)16-23-13-12-22-11-10-21-2/h14-15H,3-13,16H2,1-2H3. The van der Waals surface area contributed by atoms with Gasteiger partial charge in [-0.15, -0.1) is 0 Å². The lowest BCUT2D eigenvalue weighted by molar-refractivity contribution is 0.0195. The highest BCUT2D eigenvalue weighted by molar-refractivity contribution is 5.46. The minimum Gasteiger partial charge on any atom is -0.493 e. The first kappa shape index (κ1) is 19.2. The smallest absolute Gasteiger partial charge is 0.128 e. The lowest BCUT2D eigenvalue weighted by Gasteiger charge is -2.12. The Labute approximate surface area is 146 Å². The Morgan fingerprint density at radius 2 is 1.83 bits per heavy atom. The zero-order valence-electron chi connectivity index (χ0n) is 15.3. The van der Waals surface area contributed by atoms with Gasteiger partial charge in [0.2, 0.25) is 0 Å². The summed E-state index contributed by atoms with van der Waals surface area (Å²) in [4.78, 5) is 0. The first-order valence-electron chi connectivity index (χ1n) is 9.27. The van der Waals surface area contributed by atoms with Crippen molar-refractivity contribution in [3.8, 4) is 5.75 Å². The normalized spacial score (nSPS) is 13.1. The summed E-state index contributed by atoms with van der Waals surface area (Å²) in [6.45, 7) is 6.08. The fourth-order valence-corrected chi connectivity index (χ4v) is 3.01. The fourth-order valence-electron chi connectivity index (χ4n) is 3.01. The number of benzene rings is 1. The Hall–Kier alpha value is -1.10. The van der Waals surface area contributed by atoms with E-state index in [1.54, 1.807) is 7.11 Å². The molecule has 1 aromatic carbocycles. The summed E-state index contributed by atoms with van der Waals surface area (Å²) in [6.07, 6.45) is 7.36. The molecule has 0 spiro atoms. The van der Waals surface area contributed by atoms with E-state index in [0.29, 0.717) is 33.0 Å². The Kier molecular flexibility index (Phi) is 9.18. The highest BCUT2D eigenvalue weighted by Crippen LogP contribution is 2.32. The molecule has 0 amide bonds. The van der Waals surface area contributed by atoms with Gasteiger partial charge in [0, 0.05) is 19.1 Å². The molecule has 0 fully saturated rings. The summed E-state index contributed by atoms with van der Waals surface area (Å²) in [5.74, 6) is 1.05. The van der Waals surface area contributed by atoms with Gasteiger partial charge in [-0.25, -0.2) is 0 Å². The molecule has 1 aliphatic rings. The van der Waals surface area contributed by atoms with Crippen LogP contribution in [0.5, 0.6) is 5.75 Å².